The van der Waals surface area contributed by atoms with Crippen LogP contribution < -0.4 is 0 Å². The zero-order chi connectivity index (χ0) is 12.3. The number of carboxylic acid groups (broad SMARTS) is 1. The van der Waals surface area contributed by atoms with E-state index < -0.39 is 11.4 Å². The van der Waals surface area contributed by atoms with Crippen molar-refractivity contribution in [2.24, 2.45) is 11.3 Å². The zero-order valence-corrected chi connectivity index (χ0v) is 11.0. The van der Waals surface area contributed by atoms with Crippen LogP contribution in [0.15, 0.2) is 0 Å². The van der Waals surface area contributed by atoms with Gasteiger partial charge in [-0.3, -0.25) is 9.69 Å². The van der Waals surface area contributed by atoms with E-state index in [-0.39, 0.29) is 0 Å². The average molecular weight is 227 g/mol. The van der Waals surface area contributed by atoms with Gasteiger partial charge >= 0.3 is 5.97 Å². The molecule has 1 fully saturated rings. The Labute approximate surface area is 98.8 Å². The minimum atomic E-state index is -0.652. The maximum atomic E-state index is 11.4. The van der Waals surface area contributed by atoms with E-state index >= 15 is 0 Å². The lowest BCUT2D eigenvalue weighted by Crippen LogP contribution is -2.42. The van der Waals surface area contributed by atoms with E-state index in [1.165, 1.54) is 6.42 Å². The van der Waals surface area contributed by atoms with E-state index in [9.17, 15) is 9.90 Å². The summed E-state index contributed by atoms with van der Waals surface area (Å²) < 4.78 is 0. The van der Waals surface area contributed by atoms with Gasteiger partial charge in [0, 0.05) is 19.1 Å². The third-order valence-corrected chi connectivity index (χ3v) is 3.78. The van der Waals surface area contributed by atoms with E-state index in [1.807, 2.05) is 6.92 Å². The largest absolute Gasteiger partial charge is 0.481 e. The van der Waals surface area contributed by atoms with Crippen LogP contribution in [0.2, 0.25) is 0 Å². The third-order valence-electron chi connectivity index (χ3n) is 3.78. The average Bonchev–Trinajstić information content (AvgIpc) is 2.45. The Balaban J connectivity index is 2.65. The number of nitrogens with zero attached hydrogens (tertiary/aromatic N) is 1. The Bertz CT molecular complexity index is 254. The quantitative estimate of drug-likeness (QED) is 0.785. The van der Waals surface area contributed by atoms with E-state index in [1.54, 1.807) is 0 Å². The molecule has 94 valence electrons. The second-order valence-corrected chi connectivity index (χ2v) is 5.74. The number of hydrogen-bond donors (Lipinski definition) is 1. The lowest BCUT2D eigenvalue weighted by molar-refractivity contribution is -0.149. The summed E-state index contributed by atoms with van der Waals surface area (Å²) in [4.78, 5) is 13.7. The lowest BCUT2D eigenvalue weighted by Gasteiger charge is -2.32. The van der Waals surface area contributed by atoms with Crippen molar-refractivity contribution in [3.63, 3.8) is 0 Å². The Morgan fingerprint density at radius 1 is 1.50 bits per heavy atom. The summed E-state index contributed by atoms with van der Waals surface area (Å²) in [7, 11) is 0. The van der Waals surface area contributed by atoms with Crippen molar-refractivity contribution in [2.75, 3.05) is 13.1 Å². The molecule has 1 rings (SSSR count). The first-order valence-electron chi connectivity index (χ1n) is 6.36. The van der Waals surface area contributed by atoms with Crippen molar-refractivity contribution < 1.29 is 9.90 Å². The van der Waals surface area contributed by atoms with Gasteiger partial charge in [0.05, 0.1) is 5.41 Å². The molecule has 0 saturated carbocycles. The van der Waals surface area contributed by atoms with Gasteiger partial charge in [-0.05, 0) is 32.6 Å². The number of carboxylic acids is 1. The molecule has 0 aliphatic carbocycles. The molecule has 0 bridgehead atoms. The van der Waals surface area contributed by atoms with E-state index in [2.05, 4.69) is 25.7 Å². The lowest BCUT2D eigenvalue weighted by atomic mass is 9.85. The fourth-order valence-electron chi connectivity index (χ4n) is 2.86. The maximum Gasteiger partial charge on any atom is 0.310 e. The van der Waals surface area contributed by atoms with Crippen molar-refractivity contribution >= 4 is 5.97 Å². The highest BCUT2D eigenvalue weighted by atomic mass is 16.4. The molecule has 1 N–H and O–H groups in total. The molecule has 1 aliphatic heterocycles. The Morgan fingerprint density at radius 2 is 2.12 bits per heavy atom. The summed E-state index contributed by atoms with van der Waals surface area (Å²) in [6.45, 7) is 10.1. The van der Waals surface area contributed by atoms with Crippen LogP contribution in [0, 0.1) is 11.3 Å². The smallest absolute Gasteiger partial charge is 0.310 e. The van der Waals surface area contributed by atoms with Gasteiger partial charge in [0.15, 0.2) is 0 Å². The molecule has 3 unspecified atom stereocenters. The predicted molar refractivity (Wildman–Crippen MR) is 65.5 cm³/mol. The molecule has 16 heavy (non-hydrogen) atoms. The van der Waals surface area contributed by atoms with Crippen molar-refractivity contribution in [3.05, 3.63) is 0 Å². The summed E-state index contributed by atoms with van der Waals surface area (Å²) >= 11 is 0. The highest BCUT2D eigenvalue weighted by molar-refractivity contribution is 5.74. The Kier molecular flexibility index (Phi) is 4.36. The van der Waals surface area contributed by atoms with Gasteiger partial charge < -0.3 is 5.11 Å². The van der Waals surface area contributed by atoms with E-state index in [4.69, 9.17) is 0 Å². The van der Waals surface area contributed by atoms with Gasteiger partial charge in [-0.2, -0.15) is 0 Å². The van der Waals surface area contributed by atoms with Gasteiger partial charge in [0.25, 0.3) is 0 Å². The number of rotatable bonds is 5. The molecule has 0 amide bonds. The van der Waals surface area contributed by atoms with Gasteiger partial charge in [-0.15, -0.1) is 0 Å². The summed E-state index contributed by atoms with van der Waals surface area (Å²) in [5, 5.41) is 9.35. The normalized spacial score (nSPS) is 30.2. The minimum Gasteiger partial charge on any atom is -0.481 e. The van der Waals surface area contributed by atoms with Crippen LogP contribution in [0.5, 0.6) is 0 Å². The standard InChI is InChI=1S/C13H25NO2/c1-5-6-13(4,12(15)16)9-14-8-10(2)7-11(14)3/h10-11H,5-9H2,1-4H3,(H,15,16). The monoisotopic (exact) mass is 227 g/mol. The molecular formula is C13H25NO2. The van der Waals surface area contributed by atoms with Crippen molar-refractivity contribution in [3.8, 4) is 0 Å². The number of aliphatic carboxylic acids is 1. The molecule has 0 spiro atoms. The van der Waals surface area contributed by atoms with Crippen LogP contribution >= 0.6 is 0 Å². The van der Waals surface area contributed by atoms with E-state index in [0.717, 1.165) is 19.4 Å². The molecule has 3 atom stereocenters. The topological polar surface area (TPSA) is 40.5 Å². The molecular weight excluding hydrogens is 202 g/mol. The van der Waals surface area contributed by atoms with Crippen LogP contribution in [-0.2, 0) is 4.79 Å². The summed E-state index contributed by atoms with van der Waals surface area (Å²) in [5.41, 5.74) is -0.576. The highest BCUT2D eigenvalue weighted by Crippen LogP contribution is 2.30. The Hall–Kier alpha value is -0.570. The van der Waals surface area contributed by atoms with Crippen LogP contribution in [0.25, 0.3) is 0 Å². The summed E-state index contributed by atoms with van der Waals surface area (Å²) in [5.74, 6) is 0.0516. The number of likely N-dealkylation sites (tertiary alicyclic amines) is 1. The maximum absolute atomic E-state index is 11.4. The molecule has 0 radical (unpaired) electrons. The highest BCUT2D eigenvalue weighted by Gasteiger charge is 2.37. The molecule has 0 aromatic rings. The van der Waals surface area contributed by atoms with Crippen LogP contribution in [0.1, 0.15) is 47.0 Å². The minimum absolute atomic E-state index is 0.533. The second-order valence-electron chi connectivity index (χ2n) is 5.74. The zero-order valence-electron chi connectivity index (χ0n) is 11.0. The van der Waals surface area contributed by atoms with Crippen LogP contribution in [-0.4, -0.2) is 35.1 Å². The van der Waals surface area contributed by atoms with Gasteiger partial charge in [0.2, 0.25) is 0 Å². The molecule has 1 saturated heterocycles. The number of carbonyl (C=O) groups is 1. The molecule has 3 nitrogen and oxygen atoms in total. The van der Waals surface area contributed by atoms with Gasteiger partial charge in [-0.1, -0.05) is 20.3 Å². The van der Waals surface area contributed by atoms with Crippen LogP contribution in [0.3, 0.4) is 0 Å². The van der Waals surface area contributed by atoms with Crippen molar-refractivity contribution in [1.82, 2.24) is 4.90 Å². The fraction of sp³-hybridized carbons (Fsp3) is 0.923. The third kappa shape index (κ3) is 2.97. The second kappa shape index (κ2) is 5.17. The molecule has 0 aromatic carbocycles. The predicted octanol–water partition coefficient (Wildman–Crippen LogP) is 2.61. The molecule has 0 aromatic heterocycles. The molecule has 1 aliphatic rings. The van der Waals surface area contributed by atoms with Gasteiger partial charge in [-0.25, -0.2) is 0 Å². The summed E-state index contributed by atoms with van der Waals surface area (Å²) in [6.07, 6.45) is 2.89. The SMILES string of the molecule is CCCC(C)(CN1CC(C)CC1C)C(=O)O. The molecule has 1 heterocycles. The Morgan fingerprint density at radius 3 is 2.50 bits per heavy atom. The fourth-order valence-corrected chi connectivity index (χ4v) is 2.86. The van der Waals surface area contributed by atoms with E-state index in [0.29, 0.717) is 18.5 Å². The first kappa shape index (κ1) is 13.5. The van der Waals surface area contributed by atoms with Crippen LogP contribution in [0.4, 0.5) is 0 Å². The first-order valence-corrected chi connectivity index (χ1v) is 6.36. The van der Waals surface area contributed by atoms with Crippen molar-refractivity contribution in [1.29, 1.82) is 0 Å². The first-order chi connectivity index (χ1) is 7.39. The molecule has 3 heteroatoms. The van der Waals surface area contributed by atoms with Gasteiger partial charge in [0.1, 0.15) is 0 Å². The number of hydrogen-bond acceptors (Lipinski definition) is 2. The van der Waals surface area contributed by atoms with Crippen molar-refractivity contribution in [2.45, 2.75) is 53.0 Å². The summed E-state index contributed by atoms with van der Waals surface area (Å²) in [6, 6.07) is 0.533.